The molecule has 0 radical (unpaired) electrons. The first-order valence-electron chi connectivity index (χ1n) is 26.7. The van der Waals surface area contributed by atoms with Gasteiger partial charge in [-0.1, -0.05) is 53.2 Å². The van der Waals surface area contributed by atoms with E-state index < -0.39 is 140 Å². The molecule has 73 heavy (non-hydrogen) atoms. The van der Waals surface area contributed by atoms with Crippen molar-refractivity contribution in [3.05, 3.63) is 11.6 Å². The molecule has 9 aliphatic rings. The summed E-state index contributed by atoms with van der Waals surface area (Å²) in [6.45, 7) is 13.6. The lowest BCUT2D eigenvalue weighted by Crippen LogP contribution is -2.67. The van der Waals surface area contributed by atoms with E-state index in [0.29, 0.717) is 25.7 Å². The van der Waals surface area contributed by atoms with Crippen LogP contribution >= 0.6 is 0 Å². The maximum absolute atomic E-state index is 14.7. The first-order valence-corrected chi connectivity index (χ1v) is 26.7. The monoisotopic (exact) mass is 1040 g/mol. The molecule has 8 fully saturated rings. The van der Waals surface area contributed by atoms with Crippen LogP contribution in [-0.2, 0) is 42.7 Å². The van der Waals surface area contributed by atoms with Crippen LogP contribution in [0.25, 0.3) is 0 Å². The van der Waals surface area contributed by atoms with E-state index in [2.05, 4.69) is 40.7 Å². The average Bonchev–Trinajstić information content (AvgIpc) is 3.34. The summed E-state index contributed by atoms with van der Waals surface area (Å²) in [5.74, 6) is -0.573. The molecule has 4 saturated carbocycles. The van der Waals surface area contributed by atoms with Crippen molar-refractivity contribution in [3.63, 3.8) is 0 Å². The smallest absolute Gasteiger partial charge is 0.315 e. The van der Waals surface area contributed by atoms with Crippen LogP contribution in [0.1, 0.15) is 113 Å². The predicted octanol–water partition coefficient (Wildman–Crippen LogP) is -0.757. The molecule has 0 amide bonds. The molecule has 0 aromatic heterocycles. The normalized spacial score (nSPS) is 55.0. The molecule has 21 nitrogen and oxygen atoms in total. The third kappa shape index (κ3) is 9.10. The number of fused-ring (bicyclic) bond motifs is 7. The van der Waals surface area contributed by atoms with E-state index in [9.17, 15) is 66.1 Å². The summed E-state index contributed by atoms with van der Waals surface area (Å²) in [7, 11) is 0. The highest BCUT2D eigenvalue weighted by Crippen LogP contribution is 2.76. The Hall–Kier alpha value is -1.55. The van der Waals surface area contributed by atoms with E-state index in [1.54, 1.807) is 0 Å². The van der Waals surface area contributed by atoms with Gasteiger partial charge in [-0.25, -0.2) is 0 Å². The van der Waals surface area contributed by atoms with Crippen LogP contribution in [0.15, 0.2) is 11.6 Å². The highest BCUT2D eigenvalue weighted by Gasteiger charge is 2.71. The van der Waals surface area contributed by atoms with Crippen molar-refractivity contribution in [2.24, 2.45) is 50.2 Å². The Morgan fingerprint density at radius 2 is 1.26 bits per heavy atom. The number of hydrogen-bond acceptors (Lipinski definition) is 21. The molecule has 0 bridgehead atoms. The van der Waals surface area contributed by atoms with Crippen molar-refractivity contribution in [3.8, 4) is 0 Å². The molecule has 27 atom stereocenters. The standard InChI is InChI=1S/C52H84O21/c1-23-40(71-42-37(62)32(57)26(55)20-66-42)36(61)39(64)43(68-23)72-41-33(58)27(56)21-67-45(41)70-31-11-12-48(4)29(49(31,5)22-54)10-13-51(7)30(48)9-8-24-25-18-47(2,3)14-16-52(25,17-15-50(24,51)6)46(65)73-44-38(63)35(60)34(59)28(19-53)69-44/h8,23,25-45,53-64H,9-22H2,1-7H3/t23-,25-,26+,27+,28+,29+,30+,31-,32-,33-,34+,35-,36-,37+,38+,39+,40-,41+,42-,43-,44-,45-,48-,49-,50+,51+,52-/m0/s1. The fourth-order valence-corrected chi connectivity index (χ4v) is 15.9. The Morgan fingerprint density at radius 3 is 1.95 bits per heavy atom. The van der Waals surface area contributed by atoms with E-state index in [1.807, 2.05) is 6.92 Å². The maximum atomic E-state index is 14.7. The van der Waals surface area contributed by atoms with Crippen molar-refractivity contribution in [2.75, 3.05) is 26.4 Å². The van der Waals surface area contributed by atoms with E-state index in [0.717, 1.165) is 38.5 Å². The number of carbonyl (C=O) groups excluding carboxylic acids is 1. The van der Waals surface area contributed by atoms with Gasteiger partial charge in [0, 0.05) is 5.41 Å². The molecule has 0 aromatic rings. The van der Waals surface area contributed by atoms with E-state index in [4.69, 9.17) is 37.9 Å². The molecule has 4 heterocycles. The number of esters is 1. The van der Waals surface area contributed by atoms with Gasteiger partial charge in [-0.05, 0) is 111 Å². The molecule has 9 rings (SSSR count). The molecule has 0 unspecified atom stereocenters. The SMILES string of the molecule is C[C@@H]1O[C@@H](O[C@H]2[C@H](O[C@H]3CC[C@@]4(C)[C@@H](CC[C@]5(C)[C@@H]4CC=C4[C@@H]6CC(C)(C)CC[C@]6(C(=O)O[C@@H]6O[C@H](CO)[C@@H](O)[C@H](O)[C@H]6O)CC[C@]45C)[C@]3(C)CO)OC[C@@H](O)[C@@H]2O)[C@H](O)[C@H](O)[C@H]1O[C@@H]1OC[C@@H](O)[C@H](O)[C@H]1O. The zero-order valence-electron chi connectivity index (χ0n) is 43.2. The van der Waals surface area contributed by atoms with Gasteiger partial charge in [0.25, 0.3) is 0 Å². The van der Waals surface area contributed by atoms with Crippen LogP contribution in [0, 0.1) is 50.2 Å². The van der Waals surface area contributed by atoms with Crippen LogP contribution in [0.2, 0.25) is 0 Å². The van der Waals surface area contributed by atoms with Gasteiger partial charge in [-0.15, -0.1) is 0 Å². The minimum atomic E-state index is -1.79. The van der Waals surface area contributed by atoms with Gasteiger partial charge >= 0.3 is 5.97 Å². The minimum Gasteiger partial charge on any atom is -0.432 e. The largest absolute Gasteiger partial charge is 0.432 e. The Kier molecular flexibility index (Phi) is 15.6. The lowest BCUT2D eigenvalue weighted by molar-refractivity contribution is -0.377. The zero-order valence-corrected chi connectivity index (χ0v) is 43.2. The average molecular weight is 1050 g/mol. The van der Waals surface area contributed by atoms with E-state index in [-0.39, 0.29) is 59.2 Å². The highest BCUT2D eigenvalue weighted by molar-refractivity contribution is 5.79. The fourth-order valence-electron chi connectivity index (χ4n) is 15.9. The molecule has 4 saturated heterocycles. The molecule has 4 aliphatic heterocycles. The summed E-state index contributed by atoms with van der Waals surface area (Å²) in [5.41, 5.74) is -1.45. The molecule has 418 valence electrons. The van der Waals surface area contributed by atoms with Crippen molar-refractivity contribution in [2.45, 2.75) is 229 Å². The molecule has 12 N–H and O–H groups in total. The number of allylic oxidation sites excluding steroid dienone is 2. The molecule has 0 aromatic carbocycles. The highest BCUT2D eigenvalue weighted by atomic mass is 16.8. The van der Waals surface area contributed by atoms with Crippen LogP contribution in [0.5, 0.6) is 0 Å². The summed E-state index contributed by atoms with van der Waals surface area (Å²) < 4.78 is 47.7. The zero-order chi connectivity index (χ0) is 53.1. The Bertz CT molecular complexity index is 2010. The van der Waals surface area contributed by atoms with Crippen molar-refractivity contribution >= 4 is 5.97 Å². The summed E-state index contributed by atoms with van der Waals surface area (Å²) in [4.78, 5) is 14.7. The fraction of sp³-hybridized carbons (Fsp3) is 0.942. The number of aliphatic hydroxyl groups excluding tert-OH is 12. The summed E-state index contributed by atoms with van der Waals surface area (Å²) in [6, 6.07) is 0. The lowest BCUT2D eigenvalue weighted by atomic mass is 9.33. The first-order chi connectivity index (χ1) is 34.2. The van der Waals surface area contributed by atoms with Crippen molar-refractivity contribution in [1.82, 2.24) is 0 Å². The van der Waals surface area contributed by atoms with Gasteiger partial charge in [-0.2, -0.15) is 0 Å². The van der Waals surface area contributed by atoms with Gasteiger partial charge in [0.05, 0.1) is 44.1 Å². The van der Waals surface area contributed by atoms with Gasteiger partial charge < -0.3 is 99.2 Å². The second-order valence-electron chi connectivity index (χ2n) is 25.2. The summed E-state index contributed by atoms with van der Waals surface area (Å²) in [5, 5.41) is 129. The van der Waals surface area contributed by atoms with Crippen LogP contribution in [0.4, 0.5) is 0 Å². The molecular weight excluding hydrogens is 961 g/mol. The van der Waals surface area contributed by atoms with Crippen LogP contribution in [0.3, 0.4) is 0 Å². The molecule has 5 aliphatic carbocycles. The third-order valence-electron chi connectivity index (χ3n) is 20.7. The number of hydrogen-bond donors (Lipinski definition) is 12. The van der Waals surface area contributed by atoms with Crippen LogP contribution in [-0.4, -0.2) is 210 Å². The Labute approximate surface area is 426 Å². The second-order valence-corrected chi connectivity index (χ2v) is 25.2. The second kappa shape index (κ2) is 20.3. The maximum Gasteiger partial charge on any atom is 0.315 e. The molecule has 0 spiro atoms. The lowest BCUT2D eigenvalue weighted by Gasteiger charge is -2.71. The number of aliphatic hydroxyl groups is 12. The van der Waals surface area contributed by atoms with E-state index >= 15 is 0 Å². The van der Waals surface area contributed by atoms with Gasteiger partial charge in [-0.3, -0.25) is 4.79 Å². The third-order valence-corrected chi connectivity index (χ3v) is 20.7. The molecule has 21 heteroatoms. The van der Waals surface area contributed by atoms with Gasteiger partial charge in [0.15, 0.2) is 18.9 Å². The summed E-state index contributed by atoms with van der Waals surface area (Å²) in [6.07, 6.45) is -18.4. The van der Waals surface area contributed by atoms with Crippen molar-refractivity contribution < 1.29 is 104 Å². The first kappa shape index (κ1) is 56.2. The summed E-state index contributed by atoms with van der Waals surface area (Å²) >= 11 is 0. The quantitative estimate of drug-likeness (QED) is 0.0727. The van der Waals surface area contributed by atoms with Crippen molar-refractivity contribution in [1.29, 1.82) is 0 Å². The van der Waals surface area contributed by atoms with Gasteiger partial charge in [0.2, 0.25) is 6.29 Å². The topological polar surface area (TPSA) is 334 Å². The number of carbonyl (C=O) groups is 1. The molecular formula is C52H84O21. The van der Waals surface area contributed by atoms with Crippen LogP contribution < -0.4 is 0 Å². The number of rotatable bonds is 10. The predicted molar refractivity (Wildman–Crippen MR) is 251 cm³/mol. The minimum absolute atomic E-state index is 0.0453. The van der Waals surface area contributed by atoms with Gasteiger partial charge in [0.1, 0.15) is 79.4 Å². The number of ether oxygens (including phenoxy) is 8. The van der Waals surface area contributed by atoms with E-state index in [1.165, 1.54) is 12.5 Å². The Balaban J connectivity index is 0.924. The Morgan fingerprint density at radius 1 is 0.630 bits per heavy atom.